The lowest BCUT2D eigenvalue weighted by Crippen LogP contribution is -2.27. The van der Waals surface area contributed by atoms with Crippen molar-refractivity contribution in [3.63, 3.8) is 0 Å². The number of hydrogen-bond donors (Lipinski definition) is 0. The predicted octanol–water partition coefficient (Wildman–Crippen LogP) is 4.55. The van der Waals surface area contributed by atoms with Gasteiger partial charge in [0, 0.05) is 11.8 Å². The first kappa shape index (κ1) is 18.2. The number of aromatic nitrogens is 2. The molecule has 1 aliphatic rings. The predicted molar refractivity (Wildman–Crippen MR) is 117 cm³/mol. The zero-order valence-electron chi connectivity index (χ0n) is 16.5. The van der Waals surface area contributed by atoms with E-state index >= 15 is 0 Å². The zero-order chi connectivity index (χ0) is 20.5. The van der Waals surface area contributed by atoms with Crippen LogP contribution in [0.3, 0.4) is 0 Å². The number of rotatable bonds is 4. The maximum atomic E-state index is 13.6. The lowest BCUT2D eigenvalue weighted by molar-refractivity contribution is 0.344. The average Bonchev–Trinajstić information content (AvgIpc) is 2.79. The fourth-order valence-electron chi connectivity index (χ4n) is 3.70. The summed E-state index contributed by atoms with van der Waals surface area (Å²) in [5.74, 6) is 1.33. The first-order chi connectivity index (χ1) is 14.7. The Morgan fingerprint density at radius 3 is 2.63 bits per heavy atom. The highest BCUT2D eigenvalue weighted by atomic mass is 16.5. The summed E-state index contributed by atoms with van der Waals surface area (Å²) in [6.07, 6.45) is 3.60. The van der Waals surface area contributed by atoms with Crippen LogP contribution in [0.25, 0.3) is 22.3 Å². The summed E-state index contributed by atoms with van der Waals surface area (Å²) in [7, 11) is 0. The van der Waals surface area contributed by atoms with E-state index in [-0.39, 0.29) is 12.2 Å². The van der Waals surface area contributed by atoms with Crippen molar-refractivity contribution in [1.29, 1.82) is 0 Å². The molecule has 2 aromatic heterocycles. The average molecular weight is 396 g/mol. The first-order valence-corrected chi connectivity index (χ1v) is 9.83. The smallest absolute Gasteiger partial charge is 0.268 e. The maximum absolute atomic E-state index is 13.6. The Labute approximate surface area is 173 Å². The molecule has 2 aromatic carbocycles. The van der Waals surface area contributed by atoms with Crippen LogP contribution in [0.15, 0.2) is 83.8 Å². The highest BCUT2D eigenvalue weighted by Gasteiger charge is 2.25. The largest absolute Gasteiger partial charge is 0.489 e. The Morgan fingerprint density at radius 2 is 1.83 bits per heavy atom. The van der Waals surface area contributed by atoms with E-state index in [1.54, 1.807) is 10.8 Å². The van der Waals surface area contributed by atoms with E-state index in [1.165, 1.54) is 5.56 Å². The molecule has 0 atom stereocenters. The molecule has 0 amide bonds. The summed E-state index contributed by atoms with van der Waals surface area (Å²) in [6, 6.07) is 21.2. The normalized spacial score (nSPS) is 12.8. The Balaban J connectivity index is 1.65. The van der Waals surface area contributed by atoms with Gasteiger partial charge in [0.15, 0.2) is 5.65 Å². The fraction of sp³-hybridized carbons (Fsp3) is 0.120. The lowest BCUT2D eigenvalue weighted by atomic mass is 10.0. The van der Waals surface area contributed by atoms with Crippen LogP contribution in [0.2, 0.25) is 0 Å². The van der Waals surface area contributed by atoms with Crippen molar-refractivity contribution < 1.29 is 9.47 Å². The van der Waals surface area contributed by atoms with Gasteiger partial charge in [-0.3, -0.25) is 9.36 Å². The molecule has 0 radical (unpaired) electrons. The molecule has 0 fully saturated rings. The van der Waals surface area contributed by atoms with E-state index < -0.39 is 0 Å². The second-order valence-electron chi connectivity index (χ2n) is 7.20. The number of pyridine rings is 2. The quantitative estimate of drug-likeness (QED) is 0.508. The van der Waals surface area contributed by atoms with Crippen LogP contribution in [0, 0.1) is 6.92 Å². The van der Waals surface area contributed by atoms with E-state index in [0.717, 1.165) is 22.4 Å². The number of fused-ring (bicyclic) bond motifs is 3. The van der Waals surface area contributed by atoms with Crippen molar-refractivity contribution in [3.05, 3.63) is 100 Å². The minimum Gasteiger partial charge on any atom is -0.489 e. The summed E-state index contributed by atoms with van der Waals surface area (Å²) < 4.78 is 13.5. The third-order valence-electron chi connectivity index (χ3n) is 5.20. The standard InChI is InChI=1S/C25H20N2O3/c1-17-9-11-20(12-10-17)30-16-18-13-15-29-23-21-8-5-14-26-24(21)27(25(28)22(18)23)19-6-3-2-4-7-19/h2-14H,15-16H2,1H3. The minimum absolute atomic E-state index is 0.166. The van der Waals surface area contributed by atoms with Crippen molar-refractivity contribution in [1.82, 2.24) is 9.55 Å². The van der Waals surface area contributed by atoms with Crippen LogP contribution in [-0.2, 0) is 0 Å². The third-order valence-corrected chi connectivity index (χ3v) is 5.20. The van der Waals surface area contributed by atoms with Gasteiger partial charge in [-0.1, -0.05) is 35.9 Å². The highest BCUT2D eigenvalue weighted by Crippen LogP contribution is 2.34. The summed E-state index contributed by atoms with van der Waals surface area (Å²) >= 11 is 0. The monoisotopic (exact) mass is 396 g/mol. The molecule has 0 aliphatic carbocycles. The van der Waals surface area contributed by atoms with Crippen molar-refractivity contribution in [2.75, 3.05) is 13.2 Å². The Morgan fingerprint density at radius 1 is 1.03 bits per heavy atom. The molecule has 0 N–H and O–H groups in total. The van der Waals surface area contributed by atoms with Crippen molar-refractivity contribution >= 4 is 16.6 Å². The molecule has 0 saturated heterocycles. The molecule has 3 heterocycles. The molecule has 0 spiro atoms. The molecule has 0 bridgehead atoms. The Hall–Kier alpha value is -3.86. The number of hydrogen-bond acceptors (Lipinski definition) is 4. The molecule has 30 heavy (non-hydrogen) atoms. The molecular weight excluding hydrogens is 376 g/mol. The molecule has 1 aliphatic heterocycles. The molecule has 5 heteroatoms. The van der Waals surface area contributed by atoms with Gasteiger partial charge < -0.3 is 9.47 Å². The summed E-state index contributed by atoms with van der Waals surface area (Å²) in [5, 5.41) is 0.803. The molecule has 5 nitrogen and oxygen atoms in total. The van der Waals surface area contributed by atoms with Gasteiger partial charge in [0.25, 0.3) is 5.56 Å². The van der Waals surface area contributed by atoms with Gasteiger partial charge in [-0.25, -0.2) is 4.98 Å². The second kappa shape index (κ2) is 7.52. The number of para-hydroxylation sites is 1. The van der Waals surface area contributed by atoms with Crippen molar-refractivity contribution in [2.24, 2.45) is 0 Å². The van der Waals surface area contributed by atoms with Gasteiger partial charge in [-0.2, -0.15) is 0 Å². The Bertz CT molecular complexity index is 1310. The van der Waals surface area contributed by atoms with Gasteiger partial charge in [-0.05, 0) is 49.4 Å². The number of benzene rings is 2. The van der Waals surface area contributed by atoms with E-state index in [9.17, 15) is 4.79 Å². The van der Waals surface area contributed by atoms with Gasteiger partial charge in [0.1, 0.15) is 24.7 Å². The van der Waals surface area contributed by atoms with Crippen LogP contribution in [0.4, 0.5) is 0 Å². The molecule has 0 saturated carbocycles. The van der Waals surface area contributed by atoms with Gasteiger partial charge in [-0.15, -0.1) is 0 Å². The highest BCUT2D eigenvalue weighted by molar-refractivity contribution is 5.90. The maximum Gasteiger partial charge on any atom is 0.268 e. The summed E-state index contributed by atoms with van der Waals surface area (Å²) in [5.41, 5.74) is 3.69. The van der Waals surface area contributed by atoms with E-state index in [0.29, 0.717) is 23.6 Å². The van der Waals surface area contributed by atoms with E-state index in [4.69, 9.17) is 9.47 Å². The first-order valence-electron chi connectivity index (χ1n) is 9.83. The topological polar surface area (TPSA) is 53.4 Å². The number of nitrogens with zero attached hydrogens (tertiary/aromatic N) is 2. The lowest BCUT2D eigenvalue weighted by Gasteiger charge is -2.22. The van der Waals surface area contributed by atoms with Gasteiger partial charge in [0.05, 0.1) is 16.6 Å². The van der Waals surface area contributed by atoms with Crippen molar-refractivity contribution in [2.45, 2.75) is 6.92 Å². The van der Waals surface area contributed by atoms with Gasteiger partial charge in [0.2, 0.25) is 0 Å². The number of aryl methyl sites for hydroxylation is 1. The molecule has 148 valence electrons. The van der Waals surface area contributed by atoms with Crippen LogP contribution in [0.5, 0.6) is 11.5 Å². The second-order valence-corrected chi connectivity index (χ2v) is 7.20. The molecule has 0 unspecified atom stereocenters. The molecule has 5 rings (SSSR count). The minimum atomic E-state index is -0.166. The van der Waals surface area contributed by atoms with Crippen molar-refractivity contribution in [3.8, 4) is 17.2 Å². The fourth-order valence-corrected chi connectivity index (χ4v) is 3.70. The number of ether oxygens (including phenoxy) is 2. The van der Waals surface area contributed by atoms with Crippen LogP contribution in [-0.4, -0.2) is 22.8 Å². The van der Waals surface area contributed by atoms with Gasteiger partial charge >= 0.3 is 0 Å². The van der Waals surface area contributed by atoms with Crippen LogP contribution in [0.1, 0.15) is 11.1 Å². The summed E-state index contributed by atoms with van der Waals surface area (Å²) in [6.45, 7) is 2.71. The third kappa shape index (κ3) is 3.14. The van der Waals surface area contributed by atoms with Crippen LogP contribution < -0.4 is 15.0 Å². The zero-order valence-corrected chi connectivity index (χ0v) is 16.5. The SMILES string of the molecule is Cc1ccc(OCC2=CCOc3c2c(=O)n(-c2ccccc2)c2ncccc32)cc1. The van der Waals surface area contributed by atoms with E-state index in [2.05, 4.69) is 4.98 Å². The van der Waals surface area contributed by atoms with Crippen LogP contribution >= 0.6 is 0 Å². The molecule has 4 aromatic rings. The Kier molecular flexibility index (Phi) is 4.56. The van der Waals surface area contributed by atoms with E-state index in [1.807, 2.05) is 79.7 Å². The summed E-state index contributed by atoms with van der Waals surface area (Å²) in [4.78, 5) is 18.1. The molecular formula is C25H20N2O3.